The van der Waals surface area contributed by atoms with Gasteiger partial charge in [0, 0.05) is 11.5 Å². The highest BCUT2D eigenvalue weighted by Gasteiger charge is 2.42. The maximum atomic E-state index is 13.6. The Morgan fingerprint density at radius 3 is 2.61 bits per heavy atom. The van der Waals surface area contributed by atoms with Gasteiger partial charge in [-0.25, -0.2) is 9.18 Å². The van der Waals surface area contributed by atoms with Gasteiger partial charge in [-0.2, -0.15) is 5.10 Å². The van der Waals surface area contributed by atoms with E-state index in [1.165, 1.54) is 12.1 Å². The number of rotatable bonds is 3. The summed E-state index contributed by atoms with van der Waals surface area (Å²) in [5, 5.41) is 16.6. The van der Waals surface area contributed by atoms with Crippen LogP contribution in [0.1, 0.15) is 39.5 Å². The molecule has 156 valence electrons. The van der Waals surface area contributed by atoms with Crippen molar-refractivity contribution in [2.45, 2.75) is 18.9 Å². The summed E-state index contributed by atoms with van der Waals surface area (Å²) in [7, 11) is 0. The number of benzene rings is 3. The van der Waals surface area contributed by atoms with Crippen LogP contribution in [0.5, 0.6) is 0 Å². The van der Waals surface area contributed by atoms with Crippen molar-refractivity contribution in [3.05, 3.63) is 93.8 Å². The molecule has 0 amide bonds. The summed E-state index contributed by atoms with van der Waals surface area (Å²) in [5.41, 5.74) is 11.2. The van der Waals surface area contributed by atoms with Crippen LogP contribution in [0.3, 0.4) is 0 Å². The predicted octanol–water partition coefficient (Wildman–Crippen LogP) is 5.29. The predicted molar refractivity (Wildman–Crippen MR) is 119 cm³/mol. The zero-order valence-corrected chi connectivity index (χ0v) is 17.2. The highest BCUT2D eigenvalue weighted by Crippen LogP contribution is 2.46. The normalized spacial score (nSPS) is 19.5. The first-order chi connectivity index (χ1) is 14.9. The number of nitrogens with zero attached hydrogens (tertiary/aromatic N) is 2. The van der Waals surface area contributed by atoms with Gasteiger partial charge < -0.3 is 10.8 Å². The zero-order chi connectivity index (χ0) is 21.7. The van der Waals surface area contributed by atoms with E-state index in [9.17, 15) is 14.3 Å². The van der Waals surface area contributed by atoms with Crippen LogP contribution in [0.15, 0.2) is 65.8 Å². The molecule has 3 aromatic carbocycles. The Morgan fingerprint density at radius 2 is 1.90 bits per heavy atom. The minimum atomic E-state index is -0.944. The number of carboxylic acids is 1. The Balaban J connectivity index is 1.64. The summed E-state index contributed by atoms with van der Waals surface area (Å²) in [6, 6.07) is 16.9. The van der Waals surface area contributed by atoms with E-state index in [0.717, 1.165) is 40.9 Å². The monoisotopic (exact) mass is 435 g/mol. The molecule has 0 saturated carbocycles. The molecule has 0 radical (unpaired) electrons. The Hall–Kier alpha value is -3.38. The number of aromatic carboxylic acids is 1. The van der Waals surface area contributed by atoms with Crippen LogP contribution >= 0.6 is 11.6 Å². The molecule has 3 aromatic rings. The zero-order valence-electron chi connectivity index (χ0n) is 16.4. The summed E-state index contributed by atoms with van der Waals surface area (Å²) >= 11 is 6.28. The van der Waals surface area contributed by atoms with Gasteiger partial charge in [-0.15, -0.1) is 0 Å². The smallest absolute Gasteiger partial charge is 0.335 e. The van der Waals surface area contributed by atoms with Crippen LogP contribution in [0, 0.1) is 11.7 Å². The lowest BCUT2D eigenvalue weighted by atomic mass is 9.77. The molecule has 0 bridgehead atoms. The molecule has 2 atom stereocenters. The van der Waals surface area contributed by atoms with E-state index in [0.29, 0.717) is 10.7 Å². The molecular weight excluding hydrogens is 417 g/mol. The van der Waals surface area contributed by atoms with Crippen molar-refractivity contribution < 1.29 is 14.3 Å². The molecule has 0 fully saturated rings. The molecule has 5 rings (SSSR count). The van der Waals surface area contributed by atoms with Gasteiger partial charge in [0.15, 0.2) is 0 Å². The van der Waals surface area contributed by atoms with Crippen molar-refractivity contribution in [1.29, 1.82) is 0 Å². The molecule has 3 N–H and O–H groups in total. The van der Waals surface area contributed by atoms with Gasteiger partial charge in [0.05, 0.1) is 33.7 Å². The third-order valence-electron chi connectivity index (χ3n) is 6.02. The van der Waals surface area contributed by atoms with Gasteiger partial charge in [-0.3, -0.25) is 5.01 Å². The Kier molecular flexibility index (Phi) is 4.67. The molecule has 2 aliphatic rings. The van der Waals surface area contributed by atoms with Crippen LogP contribution in [-0.2, 0) is 6.42 Å². The number of nitrogen functional groups attached to an aromatic ring is 1. The number of hydrazone groups is 1. The van der Waals surface area contributed by atoms with Gasteiger partial charge in [0.1, 0.15) is 5.82 Å². The van der Waals surface area contributed by atoms with Gasteiger partial charge >= 0.3 is 5.97 Å². The van der Waals surface area contributed by atoms with Crippen molar-refractivity contribution in [3.8, 4) is 0 Å². The highest BCUT2D eigenvalue weighted by atomic mass is 35.5. The molecule has 31 heavy (non-hydrogen) atoms. The summed E-state index contributed by atoms with van der Waals surface area (Å²) in [6.45, 7) is 0. The van der Waals surface area contributed by atoms with Crippen LogP contribution in [-0.4, -0.2) is 16.8 Å². The molecule has 0 spiro atoms. The van der Waals surface area contributed by atoms with Crippen molar-refractivity contribution in [2.24, 2.45) is 11.0 Å². The lowest BCUT2D eigenvalue weighted by Crippen LogP contribution is -2.29. The topological polar surface area (TPSA) is 78.9 Å². The molecule has 1 aliphatic carbocycles. The quantitative estimate of drug-likeness (QED) is 0.548. The fourth-order valence-corrected chi connectivity index (χ4v) is 4.70. The van der Waals surface area contributed by atoms with Gasteiger partial charge in [0.2, 0.25) is 0 Å². The van der Waals surface area contributed by atoms with E-state index in [4.69, 9.17) is 22.4 Å². The number of aryl methyl sites for hydroxylation is 1. The van der Waals surface area contributed by atoms with Gasteiger partial charge in [0.25, 0.3) is 0 Å². The minimum absolute atomic E-state index is 0.0740. The maximum absolute atomic E-state index is 13.6. The van der Waals surface area contributed by atoms with Crippen LogP contribution in [0.2, 0.25) is 5.02 Å². The second kappa shape index (κ2) is 7.39. The number of hydrogen-bond acceptors (Lipinski definition) is 4. The Bertz CT molecular complexity index is 1230. The standard InChI is InChI=1S/C24H19ClFN3O2/c25-20-12-17(7-10-21(20)27)29-23(13-1-5-16(26)6-2-13)19-9-3-14-11-15(24(30)31)4-8-18(14)22(19)28-29/h1-2,4-8,10-12,19,23H,3,9,27H2,(H,30,31). The van der Waals surface area contributed by atoms with E-state index in [1.807, 2.05) is 17.1 Å². The molecule has 1 heterocycles. The third-order valence-corrected chi connectivity index (χ3v) is 6.35. The average Bonchev–Trinajstić information content (AvgIpc) is 3.15. The molecule has 5 nitrogen and oxygen atoms in total. The minimum Gasteiger partial charge on any atom is -0.478 e. The molecular formula is C24H19ClFN3O2. The number of fused-ring (bicyclic) bond motifs is 3. The van der Waals surface area contributed by atoms with Crippen molar-refractivity contribution >= 4 is 34.7 Å². The molecule has 0 saturated heterocycles. The van der Waals surface area contributed by atoms with Crippen LogP contribution in [0.25, 0.3) is 0 Å². The lowest BCUT2D eigenvalue weighted by molar-refractivity contribution is 0.0696. The summed E-state index contributed by atoms with van der Waals surface area (Å²) in [6.07, 6.45) is 1.55. The first-order valence-corrected chi connectivity index (χ1v) is 10.3. The fraction of sp³-hybridized carbons (Fsp3) is 0.167. The Labute approximate surface area is 183 Å². The maximum Gasteiger partial charge on any atom is 0.335 e. The van der Waals surface area contributed by atoms with E-state index in [2.05, 4.69) is 0 Å². The van der Waals surface area contributed by atoms with Crippen LogP contribution in [0.4, 0.5) is 15.8 Å². The van der Waals surface area contributed by atoms with E-state index < -0.39 is 5.97 Å². The summed E-state index contributed by atoms with van der Waals surface area (Å²) < 4.78 is 13.6. The van der Waals surface area contributed by atoms with E-state index in [1.54, 1.807) is 36.4 Å². The number of nitrogens with two attached hydrogens (primary N) is 1. The first-order valence-electron chi connectivity index (χ1n) is 9.97. The highest BCUT2D eigenvalue weighted by molar-refractivity contribution is 6.33. The lowest BCUT2D eigenvalue weighted by Gasteiger charge is -2.31. The molecule has 7 heteroatoms. The van der Waals surface area contributed by atoms with Crippen molar-refractivity contribution in [2.75, 3.05) is 10.7 Å². The molecule has 2 unspecified atom stereocenters. The summed E-state index contributed by atoms with van der Waals surface area (Å²) in [5.74, 6) is -1.16. The van der Waals surface area contributed by atoms with Gasteiger partial charge in [-0.1, -0.05) is 29.8 Å². The van der Waals surface area contributed by atoms with Crippen LogP contribution < -0.4 is 10.7 Å². The number of halogens is 2. The average molecular weight is 436 g/mol. The number of anilines is 2. The second-order valence-corrected chi connectivity index (χ2v) is 8.26. The Morgan fingerprint density at radius 1 is 1.13 bits per heavy atom. The van der Waals surface area contributed by atoms with E-state index in [-0.39, 0.29) is 23.3 Å². The fourth-order valence-electron chi connectivity index (χ4n) is 4.53. The first kappa shape index (κ1) is 19.6. The second-order valence-electron chi connectivity index (χ2n) is 7.85. The summed E-state index contributed by atoms with van der Waals surface area (Å²) in [4.78, 5) is 11.4. The van der Waals surface area contributed by atoms with Crippen molar-refractivity contribution in [3.63, 3.8) is 0 Å². The molecule has 1 aliphatic heterocycles. The third kappa shape index (κ3) is 3.33. The van der Waals surface area contributed by atoms with Gasteiger partial charge in [-0.05, 0) is 66.4 Å². The van der Waals surface area contributed by atoms with Crippen molar-refractivity contribution in [1.82, 2.24) is 0 Å². The number of carbonyl (C=O) groups is 1. The number of hydrogen-bond donors (Lipinski definition) is 2. The van der Waals surface area contributed by atoms with E-state index >= 15 is 0 Å². The SMILES string of the molecule is Nc1ccc(N2N=C3c4ccc(C(=O)O)cc4CCC3C2c2ccc(F)cc2)cc1Cl. The molecule has 0 aromatic heterocycles. The number of carboxylic acid groups (broad SMARTS) is 1. The largest absolute Gasteiger partial charge is 0.478 e.